The molecule has 5 heteroatoms. The number of hydroxylamine groups is 2. The Labute approximate surface area is 142 Å². The average molecular weight is 330 g/mol. The Balaban J connectivity index is 2.62. The third-order valence-corrected chi connectivity index (χ3v) is 4.18. The molecule has 0 spiro atoms. The summed E-state index contributed by atoms with van der Waals surface area (Å²) in [6.45, 7) is 16.9. The van der Waals surface area contributed by atoms with Crippen LogP contribution >= 0.6 is 12.2 Å². The molecule has 1 N–H and O–H groups in total. The Morgan fingerprint density at radius 3 is 1.91 bits per heavy atom. The third kappa shape index (κ3) is 6.80. The van der Waals surface area contributed by atoms with Crippen LogP contribution in [0.25, 0.3) is 0 Å². The van der Waals surface area contributed by atoms with E-state index in [9.17, 15) is 0 Å². The first-order chi connectivity index (χ1) is 10.2. The van der Waals surface area contributed by atoms with E-state index in [1.807, 2.05) is 5.06 Å². The number of nitrogens with one attached hydrogen (secondary N) is 1. The molecule has 22 heavy (non-hydrogen) atoms. The molecule has 1 rings (SSSR count). The molecule has 0 amide bonds. The lowest BCUT2D eigenvalue weighted by atomic mass is 9.93. The summed E-state index contributed by atoms with van der Waals surface area (Å²) in [6, 6.07) is 0. The molecular formula is C17H35N3OS. The van der Waals surface area contributed by atoms with Crippen molar-refractivity contribution in [2.75, 3.05) is 26.2 Å². The molecule has 130 valence electrons. The monoisotopic (exact) mass is 329 g/mol. The maximum atomic E-state index is 6.07. The third-order valence-electron chi connectivity index (χ3n) is 3.85. The Kier molecular flexibility index (Phi) is 7.56. The molecule has 0 aromatic rings. The number of hydrogen-bond acceptors (Lipinski definition) is 4. The lowest BCUT2D eigenvalue weighted by molar-refractivity contribution is -0.135. The van der Waals surface area contributed by atoms with E-state index in [-0.39, 0.29) is 11.1 Å². The van der Waals surface area contributed by atoms with Gasteiger partial charge in [-0.1, -0.05) is 26.7 Å². The summed E-state index contributed by atoms with van der Waals surface area (Å²) >= 11 is 5.57. The van der Waals surface area contributed by atoms with Crippen molar-refractivity contribution < 1.29 is 4.84 Å². The summed E-state index contributed by atoms with van der Waals surface area (Å²) in [5, 5.41) is 6.32. The van der Waals surface area contributed by atoms with Crippen molar-refractivity contribution in [3.8, 4) is 0 Å². The van der Waals surface area contributed by atoms with E-state index < -0.39 is 0 Å². The number of piperazine rings is 1. The highest BCUT2D eigenvalue weighted by Gasteiger charge is 2.38. The van der Waals surface area contributed by atoms with Gasteiger partial charge in [-0.2, -0.15) is 0 Å². The molecule has 0 aliphatic carbocycles. The highest BCUT2D eigenvalue weighted by molar-refractivity contribution is 7.80. The zero-order valence-corrected chi connectivity index (χ0v) is 16.2. The zero-order chi connectivity index (χ0) is 16.8. The molecule has 0 bridgehead atoms. The van der Waals surface area contributed by atoms with Gasteiger partial charge in [0.2, 0.25) is 0 Å². The quantitative estimate of drug-likeness (QED) is 0.721. The highest BCUT2D eigenvalue weighted by Crippen LogP contribution is 2.21. The van der Waals surface area contributed by atoms with Crippen LogP contribution in [0.5, 0.6) is 0 Å². The Morgan fingerprint density at radius 1 is 1.05 bits per heavy atom. The first kappa shape index (κ1) is 19.7. The molecule has 0 aromatic heterocycles. The maximum absolute atomic E-state index is 6.07. The lowest BCUT2D eigenvalue weighted by Crippen LogP contribution is -2.67. The predicted octanol–water partition coefficient (Wildman–Crippen LogP) is 3.57. The van der Waals surface area contributed by atoms with Gasteiger partial charge < -0.3 is 15.1 Å². The van der Waals surface area contributed by atoms with Crippen LogP contribution in [0.3, 0.4) is 0 Å². The predicted molar refractivity (Wildman–Crippen MR) is 97.9 cm³/mol. The van der Waals surface area contributed by atoms with E-state index in [1.165, 1.54) is 12.8 Å². The normalized spacial score (nSPS) is 20.6. The van der Waals surface area contributed by atoms with E-state index in [4.69, 9.17) is 17.1 Å². The molecule has 1 fully saturated rings. The molecule has 4 nitrogen and oxygen atoms in total. The number of unbranched alkanes of at least 4 members (excludes halogenated alkanes) is 2. The van der Waals surface area contributed by atoms with Gasteiger partial charge in [0.1, 0.15) is 0 Å². The molecule has 1 heterocycles. The zero-order valence-electron chi connectivity index (χ0n) is 15.4. The number of hydrogen-bond donors (Lipinski definition) is 1. The van der Waals surface area contributed by atoms with Crippen molar-refractivity contribution >= 4 is 17.4 Å². The fourth-order valence-electron chi connectivity index (χ4n) is 3.16. The van der Waals surface area contributed by atoms with Gasteiger partial charge in [0, 0.05) is 24.2 Å². The molecule has 0 aromatic carbocycles. The summed E-state index contributed by atoms with van der Waals surface area (Å²) in [5.41, 5.74) is 0.0457. The second-order valence-corrected chi connectivity index (χ2v) is 8.09. The Bertz CT molecular complexity index is 334. The van der Waals surface area contributed by atoms with E-state index in [0.717, 1.165) is 39.0 Å². The second-order valence-electron chi connectivity index (χ2n) is 7.74. The van der Waals surface area contributed by atoms with Crippen molar-refractivity contribution in [1.82, 2.24) is 15.3 Å². The van der Waals surface area contributed by atoms with Crippen molar-refractivity contribution in [2.45, 2.75) is 78.3 Å². The summed E-state index contributed by atoms with van der Waals surface area (Å²) in [7, 11) is 0. The van der Waals surface area contributed by atoms with Crippen LogP contribution in [0.2, 0.25) is 0 Å². The van der Waals surface area contributed by atoms with E-state index in [2.05, 4.69) is 51.8 Å². The minimum Gasteiger partial charge on any atom is -0.375 e. The number of thiocarbonyl (C=S) groups is 1. The highest BCUT2D eigenvalue weighted by atomic mass is 32.1. The molecule has 0 radical (unpaired) electrons. The fourth-order valence-corrected chi connectivity index (χ4v) is 3.45. The van der Waals surface area contributed by atoms with Gasteiger partial charge in [0.25, 0.3) is 5.17 Å². The van der Waals surface area contributed by atoms with Crippen molar-refractivity contribution in [1.29, 1.82) is 0 Å². The van der Waals surface area contributed by atoms with Gasteiger partial charge in [0.15, 0.2) is 0 Å². The van der Waals surface area contributed by atoms with Gasteiger partial charge in [-0.25, -0.2) is 0 Å². The summed E-state index contributed by atoms with van der Waals surface area (Å²) in [6.07, 6.45) is 4.68. The van der Waals surface area contributed by atoms with Gasteiger partial charge in [-0.15, -0.1) is 5.06 Å². The Morgan fingerprint density at radius 2 is 1.50 bits per heavy atom. The Hall–Kier alpha value is -0.390. The van der Waals surface area contributed by atoms with Crippen LogP contribution in [-0.2, 0) is 4.84 Å². The van der Waals surface area contributed by atoms with Gasteiger partial charge in [0.05, 0.1) is 13.1 Å². The number of nitrogens with zero attached hydrogens (tertiary/aromatic N) is 2. The molecule has 1 aliphatic rings. The smallest absolute Gasteiger partial charge is 0.281 e. The van der Waals surface area contributed by atoms with Gasteiger partial charge in [-0.05, 0) is 52.8 Å². The van der Waals surface area contributed by atoms with Crippen molar-refractivity contribution in [3.63, 3.8) is 0 Å². The van der Waals surface area contributed by atoms with Crippen molar-refractivity contribution in [3.05, 3.63) is 0 Å². The second kappa shape index (κ2) is 8.46. The van der Waals surface area contributed by atoms with Gasteiger partial charge >= 0.3 is 0 Å². The topological polar surface area (TPSA) is 27.7 Å². The van der Waals surface area contributed by atoms with Crippen LogP contribution in [0.4, 0.5) is 0 Å². The van der Waals surface area contributed by atoms with Crippen molar-refractivity contribution in [2.24, 2.45) is 0 Å². The molecule has 0 saturated carbocycles. The maximum Gasteiger partial charge on any atom is 0.281 e. The van der Waals surface area contributed by atoms with Crippen LogP contribution in [0.1, 0.15) is 67.2 Å². The molecule has 0 atom stereocenters. The SMILES string of the molecule is CCCCN(CCCC)C(=S)ON1CC(C)(C)NC(C)(C)C1. The first-order valence-corrected chi connectivity index (χ1v) is 9.11. The number of rotatable bonds is 7. The largest absolute Gasteiger partial charge is 0.375 e. The lowest BCUT2D eigenvalue weighted by Gasteiger charge is -2.47. The standard InChI is InChI=1S/C17H35N3OS/c1-7-9-11-19(12-10-8-2)15(22)21-20-13-16(3,4)18-17(5,6)14-20/h18H,7-14H2,1-6H3. The van der Waals surface area contributed by atoms with Crippen LogP contribution in [0, 0.1) is 0 Å². The molecule has 1 saturated heterocycles. The van der Waals surface area contributed by atoms with Crippen LogP contribution < -0.4 is 5.32 Å². The van der Waals surface area contributed by atoms with E-state index in [0.29, 0.717) is 5.17 Å². The minimum absolute atomic E-state index is 0.0228. The fraction of sp³-hybridized carbons (Fsp3) is 0.941. The summed E-state index contributed by atoms with van der Waals surface area (Å²) in [5.74, 6) is 0. The van der Waals surface area contributed by atoms with E-state index >= 15 is 0 Å². The average Bonchev–Trinajstić information content (AvgIpc) is 2.34. The molecule has 0 unspecified atom stereocenters. The first-order valence-electron chi connectivity index (χ1n) is 8.70. The molecule has 1 aliphatic heterocycles. The molecular weight excluding hydrogens is 294 g/mol. The van der Waals surface area contributed by atoms with Crippen LogP contribution in [0.15, 0.2) is 0 Å². The summed E-state index contributed by atoms with van der Waals surface area (Å²) in [4.78, 5) is 8.30. The van der Waals surface area contributed by atoms with Gasteiger partial charge in [-0.3, -0.25) is 0 Å². The van der Waals surface area contributed by atoms with E-state index in [1.54, 1.807) is 0 Å². The minimum atomic E-state index is 0.0228. The summed E-state index contributed by atoms with van der Waals surface area (Å²) < 4.78 is 0. The van der Waals surface area contributed by atoms with Crippen LogP contribution in [-0.4, -0.2) is 52.4 Å².